The Morgan fingerprint density at radius 2 is 1.49 bits per heavy atom. The number of carbonyl (C=O) groups is 1. The van der Waals surface area contributed by atoms with Gasteiger partial charge < -0.3 is 14.9 Å². The van der Waals surface area contributed by atoms with Gasteiger partial charge in [-0.3, -0.25) is 0 Å². The van der Waals surface area contributed by atoms with E-state index < -0.39 is 0 Å². The van der Waals surface area contributed by atoms with Crippen LogP contribution in [0.2, 0.25) is 5.28 Å². The van der Waals surface area contributed by atoms with Crippen LogP contribution in [-0.2, 0) is 17.8 Å². The molecule has 37 heavy (non-hydrogen) atoms. The molecule has 2 aromatic heterocycles. The molecule has 4 rings (SSSR count). The summed E-state index contributed by atoms with van der Waals surface area (Å²) >= 11 is 5.28. The van der Waals surface area contributed by atoms with Gasteiger partial charge in [0.25, 0.3) is 0 Å². The summed E-state index contributed by atoms with van der Waals surface area (Å²) in [6.07, 6.45) is 8.13. The van der Waals surface area contributed by atoms with Gasteiger partial charge in [0.2, 0.25) is 5.28 Å². The number of hydrogen-bond donors (Lipinski definition) is 2. The standard InChI is InChI=1S/C17H20N2O2.C7H8O.C4H3ClN2O/c1-14-18-12-11-16(19-14)17(20)21-13-7-3-6-10-15-8-4-2-5-9-15;8-6-7-4-2-1-3-5-7;5-4-6-1-3(8)2-7-4/h2,4-5,8-9,11-12H,3,6-7,10,13H2,1H3;1-5,8H,6H2;1-2,8H. The van der Waals surface area contributed by atoms with Gasteiger partial charge >= 0.3 is 5.97 Å². The minimum absolute atomic E-state index is 0.0226. The van der Waals surface area contributed by atoms with Crippen molar-refractivity contribution in [3.63, 3.8) is 0 Å². The third kappa shape index (κ3) is 13.1. The Hall–Kier alpha value is -3.88. The van der Waals surface area contributed by atoms with Crippen molar-refractivity contribution in [1.82, 2.24) is 19.9 Å². The summed E-state index contributed by atoms with van der Waals surface area (Å²) in [6.45, 7) is 2.33. The zero-order valence-corrected chi connectivity index (χ0v) is 21.5. The van der Waals surface area contributed by atoms with Gasteiger partial charge in [0, 0.05) is 6.20 Å². The van der Waals surface area contributed by atoms with Gasteiger partial charge in [0.15, 0.2) is 11.4 Å². The second-order valence-electron chi connectivity index (χ2n) is 7.78. The molecule has 0 spiro atoms. The number of nitrogens with zero attached hydrogens (tertiary/aromatic N) is 4. The van der Waals surface area contributed by atoms with Crippen molar-refractivity contribution >= 4 is 17.6 Å². The highest BCUT2D eigenvalue weighted by Crippen LogP contribution is 2.07. The Bertz CT molecular complexity index is 1140. The molecular weight excluding hydrogens is 492 g/mol. The van der Waals surface area contributed by atoms with Crippen LogP contribution in [0.4, 0.5) is 0 Å². The van der Waals surface area contributed by atoms with Gasteiger partial charge in [-0.05, 0) is 61.4 Å². The Morgan fingerprint density at radius 3 is 2.03 bits per heavy atom. The van der Waals surface area contributed by atoms with E-state index in [4.69, 9.17) is 26.6 Å². The molecule has 0 atom stereocenters. The van der Waals surface area contributed by atoms with E-state index >= 15 is 0 Å². The molecule has 194 valence electrons. The SMILES string of the molecule is Cc1nccc(C(=O)OCCCCCc2ccccc2)n1.OCc1ccccc1.Oc1cnc(Cl)nc1. The Kier molecular flexibility index (Phi) is 13.9. The van der Waals surface area contributed by atoms with Crippen LogP contribution >= 0.6 is 11.6 Å². The second-order valence-corrected chi connectivity index (χ2v) is 8.11. The number of benzene rings is 2. The maximum Gasteiger partial charge on any atom is 0.357 e. The fraction of sp³-hybridized carbons (Fsp3) is 0.250. The van der Waals surface area contributed by atoms with Gasteiger partial charge in [-0.1, -0.05) is 60.7 Å². The van der Waals surface area contributed by atoms with E-state index in [-0.39, 0.29) is 23.6 Å². The molecule has 0 aliphatic carbocycles. The molecule has 0 saturated heterocycles. The van der Waals surface area contributed by atoms with Crippen molar-refractivity contribution in [2.45, 2.75) is 39.2 Å². The molecular formula is C28H31ClN4O4. The number of aliphatic hydroxyl groups is 1. The molecule has 0 unspecified atom stereocenters. The highest BCUT2D eigenvalue weighted by molar-refractivity contribution is 6.28. The van der Waals surface area contributed by atoms with Crippen LogP contribution < -0.4 is 0 Å². The average molecular weight is 523 g/mol. The molecule has 0 bridgehead atoms. The number of ether oxygens (including phenoxy) is 1. The average Bonchev–Trinajstić information content (AvgIpc) is 2.94. The van der Waals surface area contributed by atoms with Crippen molar-refractivity contribution in [1.29, 1.82) is 0 Å². The number of hydrogen-bond acceptors (Lipinski definition) is 8. The molecule has 0 amide bonds. The normalized spacial score (nSPS) is 9.81. The van der Waals surface area contributed by atoms with Crippen molar-refractivity contribution in [3.8, 4) is 5.75 Å². The van der Waals surface area contributed by atoms with Crippen LogP contribution in [0.5, 0.6) is 5.75 Å². The molecule has 2 N–H and O–H groups in total. The number of aromatic hydroxyl groups is 1. The number of halogens is 1. The number of rotatable bonds is 8. The lowest BCUT2D eigenvalue weighted by atomic mass is 10.1. The van der Waals surface area contributed by atoms with Crippen LogP contribution in [0.15, 0.2) is 85.3 Å². The molecule has 0 radical (unpaired) electrons. The van der Waals surface area contributed by atoms with Gasteiger partial charge in [-0.25, -0.2) is 24.7 Å². The van der Waals surface area contributed by atoms with Crippen molar-refractivity contribution in [3.05, 3.63) is 113 Å². The van der Waals surface area contributed by atoms with E-state index in [2.05, 4.69) is 44.2 Å². The van der Waals surface area contributed by atoms with Gasteiger partial charge in [0.05, 0.1) is 25.6 Å². The van der Waals surface area contributed by atoms with Crippen LogP contribution in [-0.4, -0.2) is 42.7 Å². The number of aryl methyl sites for hydroxylation is 2. The van der Waals surface area contributed by atoms with Gasteiger partial charge in [-0.2, -0.15) is 0 Å². The topological polar surface area (TPSA) is 118 Å². The first-order valence-corrected chi connectivity index (χ1v) is 12.2. The number of unbranched alkanes of at least 4 members (excludes halogenated alkanes) is 2. The molecule has 0 aliphatic rings. The highest BCUT2D eigenvalue weighted by Gasteiger charge is 2.08. The van der Waals surface area contributed by atoms with E-state index in [9.17, 15) is 4.79 Å². The van der Waals surface area contributed by atoms with Crippen molar-refractivity contribution < 1.29 is 19.7 Å². The zero-order valence-electron chi connectivity index (χ0n) is 20.7. The maximum atomic E-state index is 11.7. The summed E-state index contributed by atoms with van der Waals surface area (Å²) in [6, 6.07) is 21.5. The number of esters is 1. The Morgan fingerprint density at radius 1 is 0.865 bits per heavy atom. The molecule has 0 saturated carbocycles. The monoisotopic (exact) mass is 522 g/mol. The van der Waals surface area contributed by atoms with Crippen molar-refractivity contribution in [2.75, 3.05) is 6.61 Å². The largest absolute Gasteiger partial charge is 0.505 e. The highest BCUT2D eigenvalue weighted by atomic mass is 35.5. The quantitative estimate of drug-likeness (QED) is 0.180. The second kappa shape index (κ2) is 17.5. The third-order valence-corrected chi connectivity index (χ3v) is 5.00. The van der Waals surface area contributed by atoms with Crippen LogP contribution in [0, 0.1) is 6.92 Å². The molecule has 4 aromatic rings. The molecule has 0 aliphatic heterocycles. The first kappa shape index (κ1) is 29.4. The molecule has 2 heterocycles. The van der Waals surface area contributed by atoms with Crippen molar-refractivity contribution in [2.24, 2.45) is 0 Å². The fourth-order valence-corrected chi connectivity index (χ4v) is 3.05. The lowest BCUT2D eigenvalue weighted by Crippen LogP contribution is -2.09. The van der Waals surface area contributed by atoms with E-state index in [0.29, 0.717) is 18.1 Å². The van der Waals surface area contributed by atoms with Gasteiger partial charge in [-0.15, -0.1) is 0 Å². The summed E-state index contributed by atoms with van der Waals surface area (Å²) in [4.78, 5) is 26.7. The lowest BCUT2D eigenvalue weighted by molar-refractivity contribution is 0.0490. The Labute approximate surface area is 222 Å². The predicted octanol–water partition coefficient (Wildman–Crippen LogP) is 5.37. The summed E-state index contributed by atoms with van der Waals surface area (Å²) in [5, 5.41) is 17.3. The molecule has 8 nitrogen and oxygen atoms in total. The van der Waals surface area contributed by atoms with Crippen LogP contribution in [0.3, 0.4) is 0 Å². The number of aliphatic hydroxyl groups excluding tert-OH is 1. The summed E-state index contributed by atoms with van der Waals surface area (Å²) in [5.74, 6) is 0.227. The first-order valence-electron chi connectivity index (χ1n) is 11.8. The minimum atomic E-state index is -0.372. The smallest absolute Gasteiger partial charge is 0.357 e. The van der Waals surface area contributed by atoms with Crippen LogP contribution in [0.25, 0.3) is 0 Å². The third-order valence-electron chi connectivity index (χ3n) is 4.80. The summed E-state index contributed by atoms with van der Waals surface area (Å²) in [5.41, 5.74) is 2.64. The van der Waals surface area contributed by atoms with E-state index in [1.807, 2.05) is 36.4 Å². The predicted molar refractivity (Wildman–Crippen MR) is 142 cm³/mol. The van der Waals surface area contributed by atoms with E-state index in [0.717, 1.165) is 31.2 Å². The summed E-state index contributed by atoms with van der Waals surface area (Å²) < 4.78 is 5.21. The number of carbonyl (C=O) groups excluding carboxylic acids is 1. The zero-order chi connectivity index (χ0) is 26.7. The van der Waals surface area contributed by atoms with E-state index in [1.54, 1.807) is 19.2 Å². The molecule has 2 aromatic carbocycles. The molecule has 9 heteroatoms. The van der Waals surface area contributed by atoms with Crippen LogP contribution in [0.1, 0.15) is 46.7 Å². The lowest BCUT2D eigenvalue weighted by Gasteiger charge is -2.05. The van der Waals surface area contributed by atoms with E-state index in [1.165, 1.54) is 18.0 Å². The number of aromatic nitrogens is 4. The summed E-state index contributed by atoms with van der Waals surface area (Å²) in [7, 11) is 0. The Balaban J connectivity index is 0.000000244. The maximum absolute atomic E-state index is 11.7. The minimum Gasteiger partial charge on any atom is -0.505 e. The first-order chi connectivity index (χ1) is 18.0. The molecule has 0 fully saturated rings. The fourth-order valence-electron chi connectivity index (χ4n) is 2.95. The van der Waals surface area contributed by atoms with Gasteiger partial charge in [0.1, 0.15) is 5.82 Å².